The number of halogens is 2. The third kappa shape index (κ3) is 3.05. The van der Waals surface area contributed by atoms with Gasteiger partial charge in [0.25, 0.3) is 0 Å². The summed E-state index contributed by atoms with van der Waals surface area (Å²) in [6.07, 6.45) is 1.64. The molecular formula is C12H14ClFO. The van der Waals surface area contributed by atoms with Crippen LogP contribution in [-0.4, -0.2) is 11.7 Å². The van der Waals surface area contributed by atoms with Gasteiger partial charge in [0.05, 0.1) is 11.6 Å². The SMILES string of the molecule is CC(C)/C(=C/c1cccc(Cl)c1F)CO. The minimum atomic E-state index is -0.439. The van der Waals surface area contributed by atoms with Crippen LogP contribution >= 0.6 is 11.6 Å². The van der Waals surface area contributed by atoms with Gasteiger partial charge in [0.1, 0.15) is 5.82 Å². The fourth-order valence-corrected chi connectivity index (χ4v) is 1.41. The lowest BCUT2D eigenvalue weighted by molar-refractivity contribution is 0.320. The fourth-order valence-electron chi connectivity index (χ4n) is 1.23. The third-order valence-electron chi connectivity index (χ3n) is 2.25. The highest BCUT2D eigenvalue weighted by Crippen LogP contribution is 2.21. The number of aliphatic hydroxyl groups excluding tert-OH is 1. The molecule has 0 unspecified atom stereocenters. The Hall–Kier alpha value is -0.860. The number of aliphatic hydroxyl groups is 1. The van der Waals surface area contributed by atoms with Crippen molar-refractivity contribution >= 4 is 17.7 Å². The highest BCUT2D eigenvalue weighted by Gasteiger charge is 2.07. The van der Waals surface area contributed by atoms with E-state index in [1.165, 1.54) is 6.07 Å². The van der Waals surface area contributed by atoms with Gasteiger partial charge in [0.15, 0.2) is 0 Å². The largest absolute Gasteiger partial charge is 0.392 e. The summed E-state index contributed by atoms with van der Waals surface area (Å²) in [6.45, 7) is 3.83. The molecular weight excluding hydrogens is 215 g/mol. The molecule has 1 N–H and O–H groups in total. The van der Waals surface area contributed by atoms with Crippen LogP contribution in [0.15, 0.2) is 23.8 Å². The summed E-state index contributed by atoms with van der Waals surface area (Å²) >= 11 is 5.65. The molecule has 15 heavy (non-hydrogen) atoms. The van der Waals surface area contributed by atoms with Gasteiger partial charge in [-0.1, -0.05) is 43.7 Å². The van der Waals surface area contributed by atoms with Gasteiger partial charge in [0.2, 0.25) is 0 Å². The van der Waals surface area contributed by atoms with Crippen LogP contribution in [0, 0.1) is 11.7 Å². The molecule has 1 rings (SSSR count). The molecule has 0 aliphatic carbocycles. The molecule has 0 amide bonds. The van der Waals surface area contributed by atoms with E-state index in [1.54, 1.807) is 18.2 Å². The van der Waals surface area contributed by atoms with Crippen LogP contribution in [0.3, 0.4) is 0 Å². The second kappa shape index (κ2) is 5.29. The van der Waals surface area contributed by atoms with Crippen molar-refractivity contribution in [3.05, 3.63) is 40.2 Å². The molecule has 82 valence electrons. The molecule has 0 radical (unpaired) electrons. The normalized spacial score (nSPS) is 12.3. The molecule has 1 nitrogen and oxygen atoms in total. The van der Waals surface area contributed by atoms with Gasteiger partial charge >= 0.3 is 0 Å². The van der Waals surface area contributed by atoms with Crippen molar-refractivity contribution in [3.63, 3.8) is 0 Å². The molecule has 0 atom stereocenters. The Morgan fingerprint density at radius 1 is 1.53 bits per heavy atom. The monoisotopic (exact) mass is 228 g/mol. The summed E-state index contributed by atoms with van der Waals surface area (Å²) in [6, 6.07) is 4.83. The Morgan fingerprint density at radius 2 is 2.20 bits per heavy atom. The van der Waals surface area contributed by atoms with Crippen molar-refractivity contribution in [1.82, 2.24) is 0 Å². The zero-order chi connectivity index (χ0) is 11.4. The minimum Gasteiger partial charge on any atom is -0.392 e. The van der Waals surface area contributed by atoms with E-state index in [4.69, 9.17) is 16.7 Å². The van der Waals surface area contributed by atoms with Crippen LogP contribution in [0.25, 0.3) is 6.08 Å². The van der Waals surface area contributed by atoms with E-state index in [-0.39, 0.29) is 17.5 Å². The van der Waals surface area contributed by atoms with Gasteiger partial charge in [-0.2, -0.15) is 0 Å². The number of rotatable bonds is 3. The second-order valence-electron chi connectivity index (χ2n) is 3.68. The lowest BCUT2D eigenvalue weighted by atomic mass is 10.0. The van der Waals surface area contributed by atoms with Crippen LogP contribution in [-0.2, 0) is 0 Å². The van der Waals surface area contributed by atoms with Crippen molar-refractivity contribution in [2.45, 2.75) is 13.8 Å². The van der Waals surface area contributed by atoms with E-state index < -0.39 is 5.82 Å². The Kier molecular flexibility index (Phi) is 4.30. The average molecular weight is 229 g/mol. The summed E-state index contributed by atoms with van der Waals surface area (Å²) in [5.74, 6) is -0.251. The Labute approximate surface area is 94.2 Å². The predicted molar refractivity (Wildman–Crippen MR) is 61.3 cm³/mol. The third-order valence-corrected chi connectivity index (χ3v) is 2.54. The van der Waals surface area contributed by atoms with Crippen molar-refractivity contribution in [1.29, 1.82) is 0 Å². The summed E-state index contributed by atoms with van der Waals surface area (Å²) < 4.78 is 13.5. The van der Waals surface area contributed by atoms with Crippen LogP contribution < -0.4 is 0 Å². The van der Waals surface area contributed by atoms with Gasteiger partial charge in [-0.05, 0) is 17.6 Å². The van der Waals surface area contributed by atoms with Gasteiger partial charge in [-0.3, -0.25) is 0 Å². The Bertz CT molecular complexity index is 372. The van der Waals surface area contributed by atoms with E-state index in [1.807, 2.05) is 13.8 Å². The van der Waals surface area contributed by atoms with E-state index in [0.717, 1.165) is 5.57 Å². The Balaban J connectivity index is 3.11. The molecule has 1 aromatic rings. The second-order valence-corrected chi connectivity index (χ2v) is 4.08. The Morgan fingerprint density at radius 3 is 2.73 bits per heavy atom. The van der Waals surface area contributed by atoms with Crippen LogP contribution in [0.4, 0.5) is 4.39 Å². The first-order valence-electron chi connectivity index (χ1n) is 4.81. The number of benzene rings is 1. The number of hydrogen-bond acceptors (Lipinski definition) is 1. The smallest absolute Gasteiger partial charge is 0.148 e. The molecule has 1 aromatic carbocycles. The lowest BCUT2D eigenvalue weighted by Gasteiger charge is -2.08. The molecule has 0 aliphatic heterocycles. The van der Waals surface area contributed by atoms with Crippen LogP contribution in [0.5, 0.6) is 0 Å². The van der Waals surface area contributed by atoms with Crippen molar-refractivity contribution in [3.8, 4) is 0 Å². The van der Waals surface area contributed by atoms with Gasteiger partial charge in [-0.15, -0.1) is 0 Å². The minimum absolute atomic E-state index is 0.0659. The first-order valence-corrected chi connectivity index (χ1v) is 5.19. The molecule has 0 saturated carbocycles. The predicted octanol–water partition coefficient (Wildman–Crippen LogP) is 3.51. The fraction of sp³-hybridized carbons (Fsp3) is 0.333. The first-order chi connectivity index (χ1) is 7.06. The summed E-state index contributed by atoms with van der Waals surface area (Å²) in [4.78, 5) is 0. The van der Waals surface area contributed by atoms with E-state index >= 15 is 0 Å². The van der Waals surface area contributed by atoms with Gasteiger partial charge < -0.3 is 5.11 Å². The van der Waals surface area contributed by atoms with Crippen molar-refractivity contribution < 1.29 is 9.50 Å². The summed E-state index contributed by atoms with van der Waals surface area (Å²) in [5.41, 5.74) is 1.21. The molecule has 0 aliphatic rings. The van der Waals surface area contributed by atoms with Crippen molar-refractivity contribution in [2.24, 2.45) is 5.92 Å². The van der Waals surface area contributed by atoms with E-state index in [9.17, 15) is 4.39 Å². The molecule has 0 fully saturated rings. The van der Waals surface area contributed by atoms with Crippen LogP contribution in [0.2, 0.25) is 5.02 Å². The zero-order valence-electron chi connectivity index (χ0n) is 8.80. The maximum absolute atomic E-state index is 13.5. The van der Waals surface area contributed by atoms with Gasteiger partial charge in [0, 0.05) is 5.56 Å². The van der Waals surface area contributed by atoms with E-state index in [0.29, 0.717) is 5.56 Å². The maximum atomic E-state index is 13.5. The topological polar surface area (TPSA) is 20.2 Å². The lowest BCUT2D eigenvalue weighted by Crippen LogP contribution is -1.99. The summed E-state index contributed by atoms with van der Waals surface area (Å²) in [5, 5.41) is 9.20. The molecule has 0 heterocycles. The van der Waals surface area contributed by atoms with Crippen LogP contribution in [0.1, 0.15) is 19.4 Å². The average Bonchev–Trinajstić information content (AvgIpc) is 2.19. The standard InChI is InChI=1S/C12H14ClFO/c1-8(2)10(7-15)6-9-4-3-5-11(13)12(9)14/h3-6,8,15H,7H2,1-2H3/b10-6+. The van der Waals surface area contributed by atoms with E-state index in [2.05, 4.69) is 0 Å². The molecule has 0 aromatic heterocycles. The molecule has 0 saturated heterocycles. The summed E-state index contributed by atoms with van der Waals surface area (Å²) in [7, 11) is 0. The highest BCUT2D eigenvalue weighted by molar-refractivity contribution is 6.30. The zero-order valence-corrected chi connectivity index (χ0v) is 9.55. The first kappa shape index (κ1) is 12.2. The van der Waals surface area contributed by atoms with Crippen molar-refractivity contribution in [2.75, 3.05) is 6.61 Å². The van der Waals surface area contributed by atoms with Gasteiger partial charge in [-0.25, -0.2) is 4.39 Å². The molecule has 0 spiro atoms. The molecule has 0 bridgehead atoms. The highest BCUT2D eigenvalue weighted by atomic mass is 35.5. The maximum Gasteiger partial charge on any atom is 0.148 e. The number of hydrogen-bond donors (Lipinski definition) is 1. The quantitative estimate of drug-likeness (QED) is 0.840. The molecule has 3 heteroatoms.